The van der Waals surface area contributed by atoms with E-state index in [0.717, 1.165) is 44.8 Å². The summed E-state index contributed by atoms with van der Waals surface area (Å²) in [4.78, 5) is 1.49. The zero-order valence-corrected chi connectivity index (χ0v) is 11.0. The van der Waals surface area contributed by atoms with Crippen molar-refractivity contribution in [3.8, 4) is 0 Å². The SMILES string of the molecule is CCCNC(CCOCC)Cc1nnn(C)n1. The quantitative estimate of drug-likeness (QED) is 0.640. The third-order valence-electron chi connectivity index (χ3n) is 2.48. The largest absolute Gasteiger partial charge is 0.382 e. The van der Waals surface area contributed by atoms with Gasteiger partial charge in [-0.1, -0.05) is 6.92 Å². The van der Waals surface area contributed by atoms with Crippen LogP contribution in [-0.2, 0) is 18.2 Å². The molecule has 6 heteroatoms. The highest BCUT2D eigenvalue weighted by Gasteiger charge is 2.12. The molecule has 6 nitrogen and oxygen atoms in total. The second-order valence-corrected chi connectivity index (χ2v) is 4.04. The Kier molecular flexibility index (Phi) is 6.73. The summed E-state index contributed by atoms with van der Waals surface area (Å²) in [6.45, 7) is 6.73. The third kappa shape index (κ3) is 5.74. The normalized spacial score (nSPS) is 12.9. The molecule has 1 atom stereocenters. The van der Waals surface area contributed by atoms with Crippen molar-refractivity contribution in [2.75, 3.05) is 19.8 Å². The lowest BCUT2D eigenvalue weighted by molar-refractivity contribution is 0.136. The van der Waals surface area contributed by atoms with E-state index in [-0.39, 0.29) is 0 Å². The standard InChI is InChI=1S/C11H23N5O/c1-4-7-12-10(6-8-17-5-2)9-11-13-15-16(3)14-11/h10,12H,4-9H2,1-3H3. The Labute approximate surface area is 103 Å². The first-order valence-corrected chi connectivity index (χ1v) is 6.30. The number of aromatic nitrogens is 4. The fourth-order valence-electron chi connectivity index (χ4n) is 1.62. The van der Waals surface area contributed by atoms with Gasteiger partial charge in [-0.2, -0.15) is 4.80 Å². The topological polar surface area (TPSA) is 64.9 Å². The van der Waals surface area contributed by atoms with Crippen LogP contribution in [0.1, 0.15) is 32.5 Å². The van der Waals surface area contributed by atoms with Crippen LogP contribution in [0.5, 0.6) is 0 Å². The minimum absolute atomic E-state index is 0.366. The summed E-state index contributed by atoms with van der Waals surface area (Å²) in [5, 5.41) is 15.5. The van der Waals surface area contributed by atoms with Crippen LogP contribution in [0.15, 0.2) is 0 Å². The van der Waals surface area contributed by atoms with Gasteiger partial charge in [-0.25, -0.2) is 0 Å². The summed E-state index contributed by atoms with van der Waals surface area (Å²) in [6, 6.07) is 0.366. The summed E-state index contributed by atoms with van der Waals surface area (Å²) in [7, 11) is 1.78. The minimum Gasteiger partial charge on any atom is -0.382 e. The lowest BCUT2D eigenvalue weighted by atomic mass is 10.1. The zero-order valence-electron chi connectivity index (χ0n) is 11.0. The zero-order chi connectivity index (χ0) is 12.5. The third-order valence-corrected chi connectivity index (χ3v) is 2.48. The highest BCUT2D eigenvalue weighted by molar-refractivity contribution is 4.84. The van der Waals surface area contributed by atoms with Crippen molar-refractivity contribution in [2.24, 2.45) is 7.05 Å². The van der Waals surface area contributed by atoms with Gasteiger partial charge in [0.1, 0.15) is 0 Å². The fraction of sp³-hybridized carbons (Fsp3) is 0.909. The van der Waals surface area contributed by atoms with E-state index in [4.69, 9.17) is 4.74 Å². The van der Waals surface area contributed by atoms with Crippen LogP contribution in [0.25, 0.3) is 0 Å². The number of tetrazole rings is 1. The maximum atomic E-state index is 5.39. The van der Waals surface area contributed by atoms with Gasteiger partial charge in [-0.15, -0.1) is 10.2 Å². The summed E-state index contributed by atoms with van der Waals surface area (Å²) in [5.41, 5.74) is 0. The van der Waals surface area contributed by atoms with Gasteiger partial charge >= 0.3 is 0 Å². The minimum atomic E-state index is 0.366. The molecule has 0 aliphatic rings. The molecule has 0 saturated heterocycles. The molecule has 0 radical (unpaired) electrons. The van der Waals surface area contributed by atoms with Crippen molar-refractivity contribution in [2.45, 2.75) is 39.2 Å². The Morgan fingerprint density at radius 3 is 2.82 bits per heavy atom. The van der Waals surface area contributed by atoms with Gasteiger partial charge in [-0.05, 0) is 31.5 Å². The molecule has 0 saturated carbocycles. The van der Waals surface area contributed by atoms with Gasteiger partial charge < -0.3 is 10.1 Å². The maximum absolute atomic E-state index is 5.39. The number of hydrogen-bond acceptors (Lipinski definition) is 5. The molecule has 0 spiro atoms. The molecule has 1 unspecified atom stereocenters. The van der Waals surface area contributed by atoms with Gasteiger partial charge in [0.15, 0.2) is 5.82 Å². The van der Waals surface area contributed by atoms with Crippen molar-refractivity contribution in [1.82, 2.24) is 25.5 Å². The Hall–Kier alpha value is -1.01. The summed E-state index contributed by atoms with van der Waals surface area (Å²) in [6.07, 6.45) is 2.91. The molecule has 1 rings (SSSR count). The van der Waals surface area contributed by atoms with E-state index in [2.05, 4.69) is 27.7 Å². The van der Waals surface area contributed by atoms with E-state index >= 15 is 0 Å². The first kappa shape index (κ1) is 14.1. The number of nitrogens with zero attached hydrogens (tertiary/aromatic N) is 4. The fourth-order valence-corrected chi connectivity index (χ4v) is 1.62. The molecule has 1 N–H and O–H groups in total. The van der Waals surface area contributed by atoms with Crippen LogP contribution < -0.4 is 5.32 Å². The second-order valence-electron chi connectivity index (χ2n) is 4.04. The summed E-state index contributed by atoms with van der Waals surface area (Å²) < 4.78 is 5.39. The Morgan fingerprint density at radius 1 is 1.41 bits per heavy atom. The van der Waals surface area contributed by atoms with E-state index in [1.54, 1.807) is 7.05 Å². The molecule has 0 aliphatic heterocycles. The van der Waals surface area contributed by atoms with Gasteiger partial charge in [0.2, 0.25) is 0 Å². The molecule has 1 aromatic rings. The predicted molar refractivity (Wildman–Crippen MR) is 65.7 cm³/mol. The number of aryl methyl sites for hydroxylation is 1. The average Bonchev–Trinajstić information content (AvgIpc) is 2.72. The summed E-state index contributed by atoms with van der Waals surface area (Å²) >= 11 is 0. The average molecular weight is 241 g/mol. The van der Waals surface area contributed by atoms with Crippen molar-refractivity contribution in [3.05, 3.63) is 5.82 Å². The predicted octanol–water partition coefficient (Wildman–Crippen LogP) is 0.547. The highest BCUT2D eigenvalue weighted by Crippen LogP contribution is 2.01. The Bertz CT molecular complexity index is 302. The van der Waals surface area contributed by atoms with Crippen LogP contribution in [0.4, 0.5) is 0 Å². The molecule has 98 valence electrons. The van der Waals surface area contributed by atoms with Crippen LogP contribution in [0, 0.1) is 0 Å². The van der Waals surface area contributed by atoms with Crippen LogP contribution in [0.3, 0.4) is 0 Å². The molecule has 17 heavy (non-hydrogen) atoms. The van der Waals surface area contributed by atoms with E-state index < -0.39 is 0 Å². The lowest BCUT2D eigenvalue weighted by Gasteiger charge is -2.16. The molecule has 0 amide bonds. The van der Waals surface area contributed by atoms with Crippen molar-refractivity contribution in [3.63, 3.8) is 0 Å². The molecule has 0 bridgehead atoms. The van der Waals surface area contributed by atoms with Crippen LogP contribution in [-0.4, -0.2) is 46.0 Å². The van der Waals surface area contributed by atoms with Gasteiger partial charge in [0.25, 0.3) is 0 Å². The first-order valence-electron chi connectivity index (χ1n) is 6.30. The highest BCUT2D eigenvalue weighted by atomic mass is 16.5. The number of rotatable bonds is 9. The summed E-state index contributed by atoms with van der Waals surface area (Å²) in [5.74, 6) is 0.789. The molecule has 0 fully saturated rings. The van der Waals surface area contributed by atoms with Crippen molar-refractivity contribution >= 4 is 0 Å². The van der Waals surface area contributed by atoms with E-state index in [1.807, 2.05) is 6.92 Å². The molecule has 0 aromatic carbocycles. The molecular formula is C11H23N5O. The molecular weight excluding hydrogens is 218 g/mol. The van der Waals surface area contributed by atoms with Crippen molar-refractivity contribution in [1.29, 1.82) is 0 Å². The van der Waals surface area contributed by atoms with Crippen molar-refractivity contribution < 1.29 is 4.74 Å². The Morgan fingerprint density at radius 2 is 2.24 bits per heavy atom. The number of nitrogens with one attached hydrogen (secondary N) is 1. The van der Waals surface area contributed by atoms with Gasteiger partial charge in [-0.3, -0.25) is 0 Å². The lowest BCUT2D eigenvalue weighted by Crippen LogP contribution is -2.33. The van der Waals surface area contributed by atoms with Gasteiger partial charge in [0.05, 0.1) is 7.05 Å². The van der Waals surface area contributed by atoms with E-state index in [0.29, 0.717) is 6.04 Å². The first-order chi connectivity index (χ1) is 8.26. The monoisotopic (exact) mass is 241 g/mol. The number of hydrogen-bond donors (Lipinski definition) is 1. The smallest absolute Gasteiger partial charge is 0.176 e. The Balaban J connectivity index is 2.38. The molecule has 1 heterocycles. The molecule has 1 aromatic heterocycles. The maximum Gasteiger partial charge on any atom is 0.176 e. The van der Waals surface area contributed by atoms with E-state index in [1.165, 1.54) is 4.80 Å². The van der Waals surface area contributed by atoms with Crippen LogP contribution in [0.2, 0.25) is 0 Å². The van der Waals surface area contributed by atoms with E-state index in [9.17, 15) is 0 Å². The number of ether oxygens (including phenoxy) is 1. The molecule has 0 aliphatic carbocycles. The van der Waals surface area contributed by atoms with Gasteiger partial charge in [0, 0.05) is 25.7 Å². The van der Waals surface area contributed by atoms with Crippen LogP contribution >= 0.6 is 0 Å². The second kappa shape index (κ2) is 8.14.